The fourth-order valence-electron chi connectivity index (χ4n) is 1.70. The first kappa shape index (κ1) is 15.0. The van der Waals surface area contributed by atoms with Crippen LogP contribution in [0.2, 0.25) is 0 Å². The van der Waals surface area contributed by atoms with Crippen LogP contribution in [0.25, 0.3) is 0 Å². The van der Waals surface area contributed by atoms with Crippen LogP contribution in [0, 0.1) is 0 Å². The maximum absolute atomic E-state index is 11.9. The number of carbonyl (C=O) groups is 1. The lowest BCUT2D eigenvalue weighted by Crippen LogP contribution is -2.23. The number of methoxy groups -OCH3 is 1. The summed E-state index contributed by atoms with van der Waals surface area (Å²) >= 11 is 0. The smallest absolute Gasteiger partial charge is 0.273 e. The molecule has 0 saturated carbocycles. The van der Waals surface area contributed by atoms with Crippen molar-refractivity contribution in [1.29, 1.82) is 0 Å². The standard InChI is InChI=1S/C14H17N3O4/c1-20-10-4-2-3-9(5-10)6-16-13(19)12-8-21-14(17-12)11(15)7-18/h2-5,8,11,18H,6-7,15H2,1H3,(H,16,19). The second-order valence-corrected chi connectivity index (χ2v) is 4.39. The molecule has 1 amide bonds. The zero-order valence-electron chi connectivity index (χ0n) is 11.6. The average molecular weight is 291 g/mol. The molecule has 1 aromatic heterocycles. The number of aliphatic hydroxyl groups is 1. The molecule has 21 heavy (non-hydrogen) atoms. The summed E-state index contributed by atoms with van der Waals surface area (Å²) in [6.45, 7) is 0.0374. The summed E-state index contributed by atoms with van der Waals surface area (Å²) in [7, 11) is 1.58. The van der Waals surface area contributed by atoms with Gasteiger partial charge in [-0.15, -0.1) is 0 Å². The van der Waals surface area contributed by atoms with E-state index < -0.39 is 6.04 Å². The first-order valence-corrected chi connectivity index (χ1v) is 6.37. The second kappa shape index (κ2) is 6.87. The predicted octanol–water partition coefficient (Wildman–Crippen LogP) is 0.605. The largest absolute Gasteiger partial charge is 0.497 e. The van der Waals surface area contributed by atoms with Crippen LogP contribution in [0.5, 0.6) is 5.75 Å². The first-order valence-electron chi connectivity index (χ1n) is 6.37. The Balaban J connectivity index is 1.96. The number of nitrogens with zero attached hydrogens (tertiary/aromatic N) is 1. The van der Waals surface area contributed by atoms with E-state index in [0.717, 1.165) is 11.3 Å². The molecule has 0 aliphatic carbocycles. The van der Waals surface area contributed by atoms with E-state index >= 15 is 0 Å². The Hall–Kier alpha value is -2.38. The van der Waals surface area contributed by atoms with Crippen molar-refractivity contribution in [3.05, 3.63) is 47.7 Å². The minimum Gasteiger partial charge on any atom is -0.497 e. The molecule has 1 aromatic carbocycles. The summed E-state index contributed by atoms with van der Waals surface area (Å²) in [5.74, 6) is 0.474. The van der Waals surface area contributed by atoms with Crippen LogP contribution in [0.1, 0.15) is 28.0 Å². The topological polar surface area (TPSA) is 111 Å². The van der Waals surface area contributed by atoms with Gasteiger partial charge in [-0.25, -0.2) is 4.98 Å². The third-order valence-electron chi connectivity index (χ3n) is 2.86. The molecule has 4 N–H and O–H groups in total. The Bertz CT molecular complexity index is 612. The Kier molecular flexibility index (Phi) is 4.91. The summed E-state index contributed by atoms with van der Waals surface area (Å²) in [5.41, 5.74) is 6.58. The number of carbonyl (C=O) groups excluding carboxylic acids is 1. The van der Waals surface area contributed by atoms with Gasteiger partial charge < -0.3 is 25.3 Å². The highest BCUT2D eigenvalue weighted by atomic mass is 16.5. The molecule has 7 heteroatoms. The van der Waals surface area contributed by atoms with E-state index in [4.69, 9.17) is 20.0 Å². The van der Waals surface area contributed by atoms with E-state index in [1.807, 2.05) is 24.3 Å². The number of hydrogen-bond acceptors (Lipinski definition) is 6. The SMILES string of the molecule is COc1cccc(CNC(=O)c2coc(C(N)CO)n2)c1. The number of oxazole rings is 1. The van der Waals surface area contributed by atoms with Gasteiger partial charge in [-0.1, -0.05) is 12.1 Å². The molecular formula is C14H17N3O4. The molecule has 0 radical (unpaired) electrons. The Morgan fingerprint density at radius 1 is 1.57 bits per heavy atom. The van der Waals surface area contributed by atoms with Crippen LogP contribution >= 0.6 is 0 Å². The van der Waals surface area contributed by atoms with Crippen molar-refractivity contribution in [2.45, 2.75) is 12.6 Å². The lowest BCUT2D eigenvalue weighted by atomic mass is 10.2. The van der Waals surface area contributed by atoms with E-state index in [-0.39, 0.29) is 24.1 Å². The molecule has 0 aliphatic heterocycles. The molecule has 0 spiro atoms. The molecule has 0 fully saturated rings. The molecule has 7 nitrogen and oxygen atoms in total. The summed E-state index contributed by atoms with van der Waals surface area (Å²) in [4.78, 5) is 15.9. The van der Waals surface area contributed by atoms with Gasteiger partial charge in [0.1, 0.15) is 18.1 Å². The fourth-order valence-corrected chi connectivity index (χ4v) is 1.70. The maximum atomic E-state index is 11.9. The van der Waals surface area contributed by atoms with Gasteiger partial charge in [0.25, 0.3) is 5.91 Å². The molecule has 0 bridgehead atoms. The zero-order valence-corrected chi connectivity index (χ0v) is 11.6. The summed E-state index contributed by atoms with van der Waals surface area (Å²) in [6, 6.07) is 6.64. The Morgan fingerprint density at radius 3 is 3.10 bits per heavy atom. The van der Waals surface area contributed by atoms with Crippen molar-refractivity contribution < 1.29 is 19.1 Å². The molecule has 2 aromatic rings. The van der Waals surface area contributed by atoms with Crippen molar-refractivity contribution in [3.8, 4) is 5.75 Å². The summed E-state index contributed by atoms with van der Waals surface area (Å²) in [5, 5.41) is 11.6. The van der Waals surface area contributed by atoms with Gasteiger partial charge in [-0.2, -0.15) is 0 Å². The first-order chi connectivity index (χ1) is 10.1. The van der Waals surface area contributed by atoms with Crippen LogP contribution in [-0.2, 0) is 6.54 Å². The maximum Gasteiger partial charge on any atom is 0.273 e. The van der Waals surface area contributed by atoms with Gasteiger partial charge in [0.15, 0.2) is 5.69 Å². The average Bonchev–Trinajstić information content (AvgIpc) is 3.02. The highest BCUT2D eigenvalue weighted by Crippen LogP contribution is 2.13. The molecule has 1 unspecified atom stereocenters. The van der Waals surface area contributed by atoms with Crippen molar-refractivity contribution in [2.24, 2.45) is 5.73 Å². The van der Waals surface area contributed by atoms with Gasteiger partial charge in [0, 0.05) is 6.54 Å². The van der Waals surface area contributed by atoms with Gasteiger partial charge in [-0.3, -0.25) is 4.79 Å². The van der Waals surface area contributed by atoms with Crippen molar-refractivity contribution in [2.75, 3.05) is 13.7 Å². The van der Waals surface area contributed by atoms with Crippen molar-refractivity contribution in [1.82, 2.24) is 10.3 Å². The monoisotopic (exact) mass is 291 g/mol. The number of hydrogen-bond donors (Lipinski definition) is 3. The minimum atomic E-state index is -0.732. The van der Waals surface area contributed by atoms with Crippen molar-refractivity contribution in [3.63, 3.8) is 0 Å². The van der Waals surface area contributed by atoms with Gasteiger partial charge in [-0.05, 0) is 17.7 Å². The normalized spacial score (nSPS) is 12.0. The zero-order chi connectivity index (χ0) is 15.2. The summed E-state index contributed by atoms with van der Waals surface area (Å²) in [6.07, 6.45) is 1.21. The third kappa shape index (κ3) is 3.80. The lowest BCUT2D eigenvalue weighted by molar-refractivity contribution is 0.0945. The van der Waals surface area contributed by atoms with Crippen LogP contribution in [-0.4, -0.2) is 29.7 Å². The molecule has 0 aliphatic rings. The number of nitrogens with two attached hydrogens (primary N) is 1. The second-order valence-electron chi connectivity index (χ2n) is 4.39. The van der Waals surface area contributed by atoms with E-state index in [0.29, 0.717) is 6.54 Å². The molecule has 2 rings (SSSR count). The molecule has 112 valence electrons. The number of aliphatic hydroxyl groups excluding tert-OH is 1. The highest BCUT2D eigenvalue weighted by Gasteiger charge is 2.16. The Morgan fingerprint density at radius 2 is 2.38 bits per heavy atom. The number of ether oxygens (including phenoxy) is 1. The number of benzene rings is 1. The van der Waals surface area contributed by atoms with E-state index in [1.165, 1.54) is 6.26 Å². The summed E-state index contributed by atoms with van der Waals surface area (Å²) < 4.78 is 10.2. The molecule has 1 heterocycles. The number of nitrogens with one attached hydrogen (secondary N) is 1. The van der Waals surface area contributed by atoms with Crippen LogP contribution in [0.15, 0.2) is 34.9 Å². The molecule has 0 saturated heterocycles. The van der Waals surface area contributed by atoms with E-state index in [1.54, 1.807) is 7.11 Å². The predicted molar refractivity (Wildman–Crippen MR) is 74.7 cm³/mol. The van der Waals surface area contributed by atoms with E-state index in [9.17, 15) is 4.79 Å². The Labute approximate surface area is 121 Å². The molecular weight excluding hydrogens is 274 g/mol. The van der Waals surface area contributed by atoms with Gasteiger partial charge >= 0.3 is 0 Å². The highest BCUT2D eigenvalue weighted by molar-refractivity contribution is 5.91. The van der Waals surface area contributed by atoms with Crippen molar-refractivity contribution >= 4 is 5.91 Å². The third-order valence-corrected chi connectivity index (χ3v) is 2.86. The van der Waals surface area contributed by atoms with Crippen LogP contribution in [0.4, 0.5) is 0 Å². The molecule has 1 atom stereocenters. The number of amides is 1. The van der Waals surface area contributed by atoms with Gasteiger partial charge in [0.2, 0.25) is 5.89 Å². The minimum absolute atomic E-state index is 0.122. The quantitative estimate of drug-likeness (QED) is 0.719. The number of aromatic nitrogens is 1. The number of rotatable bonds is 6. The van der Waals surface area contributed by atoms with E-state index in [2.05, 4.69) is 10.3 Å². The lowest BCUT2D eigenvalue weighted by Gasteiger charge is -2.05. The van der Waals surface area contributed by atoms with Crippen LogP contribution in [0.3, 0.4) is 0 Å². The van der Waals surface area contributed by atoms with Gasteiger partial charge in [0.05, 0.1) is 13.7 Å². The fraction of sp³-hybridized carbons (Fsp3) is 0.286. The van der Waals surface area contributed by atoms with Crippen LogP contribution < -0.4 is 15.8 Å².